The van der Waals surface area contributed by atoms with E-state index < -0.39 is 53.7 Å². The standard InChI is InChI=1S/C47H71N11O9/c1-4-5-6-7-8-9-10-11-40(59)52-23-17-41(60)53-24-18-42(61)56-36(16-19-48)47(65)58(3)43-33-13-15-39(67-27-22-51)35(30-33)34-28-32(12-14-38(34)66-26-21-50)29-37(45(63)54-25-20-49)57-44(62)31(2)55-46(43)64/h12-15,28,30-31,36-37,43H,4-11,16-19,21-27,29,48,50-51H2,1-3H3,(H,52,59)(H,53,60)(H,54,63)(H,55,64)(H,56,61)(H,57,62)/t31-,36-,37-,43-/m0/s1. The third-order valence-corrected chi connectivity index (χ3v) is 11.0. The first-order chi connectivity index (χ1) is 32.3. The lowest BCUT2D eigenvalue weighted by molar-refractivity contribution is -0.143. The highest BCUT2D eigenvalue weighted by molar-refractivity contribution is 5.96. The second-order valence-electron chi connectivity index (χ2n) is 16.4. The SMILES string of the molecule is CCCCCCCCCC(=O)NCCC(=O)NCCC(=O)N[C@@H](CCN)C(=O)N(C)[C@@H]1C(=O)N[C@@H](C)C(=O)N[C@H](C(=O)NCC#N)Cc2ccc(OCCN)c(c2)-c2cc1ccc2OCCN. The topological polar surface area (TPSA) is 315 Å². The van der Waals surface area contributed by atoms with E-state index in [1.165, 1.54) is 39.7 Å². The second kappa shape index (κ2) is 30.1. The summed E-state index contributed by atoms with van der Waals surface area (Å²) in [6.07, 6.45) is 7.91. The first-order valence-electron chi connectivity index (χ1n) is 23.3. The number of hydrogen-bond acceptors (Lipinski definition) is 13. The highest BCUT2D eigenvalue weighted by Gasteiger charge is 2.36. The predicted molar refractivity (Wildman–Crippen MR) is 252 cm³/mol. The van der Waals surface area contributed by atoms with Gasteiger partial charge in [0.2, 0.25) is 41.4 Å². The number of nitrogens with one attached hydrogen (secondary N) is 6. The summed E-state index contributed by atoms with van der Waals surface area (Å²) < 4.78 is 12.1. The van der Waals surface area contributed by atoms with E-state index in [9.17, 15) is 33.6 Å². The van der Waals surface area contributed by atoms with Crippen molar-refractivity contribution in [1.29, 1.82) is 5.26 Å². The van der Waals surface area contributed by atoms with Crippen LogP contribution in [0.25, 0.3) is 11.1 Å². The summed E-state index contributed by atoms with van der Waals surface area (Å²) >= 11 is 0. The van der Waals surface area contributed by atoms with Crippen molar-refractivity contribution in [1.82, 2.24) is 36.8 Å². The van der Waals surface area contributed by atoms with Crippen molar-refractivity contribution in [2.24, 2.45) is 17.2 Å². The summed E-state index contributed by atoms with van der Waals surface area (Å²) in [4.78, 5) is 94.8. The summed E-state index contributed by atoms with van der Waals surface area (Å²) in [6.45, 7) is 4.02. The Morgan fingerprint density at radius 2 is 1.37 bits per heavy atom. The van der Waals surface area contributed by atoms with E-state index >= 15 is 0 Å². The summed E-state index contributed by atoms with van der Waals surface area (Å²) in [5, 5.41) is 25.1. The maximum Gasteiger partial charge on any atom is 0.248 e. The lowest BCUT2D eigenvalue weighted by atomic mass is 9.93. The zero-order valence-corrected chi connectivity index (χ0v) is 39.2. The molecule has 67 heavy (non-hydrogen) atoms. The third kappa shape index (κ3) is 18.5. The molecule has 1 aliphatic rings. The Balaban J connectivity index is 1.86. The number of ether oxygens (including phenoxy) is 2. The van der Waals surface area contributed by atoms with Crippen molar-refractivity contribution < 1.29 is 43.0 Å². The number of nitrogens with zero attached hydrogens (tertiary/aromatic N) is 2. The fraction of sp³-hybridized carbons (Fsp3) is 0.574. The monoisotopic (exact) mass is 934 g/mol. The number of amides is 7. The van der Waals surface area contributed by atoms with Crippen LogP contribution in [0.5, 0.6) is 11.5 Å². The number of carbonyl (C=O) groups excluding carboxylic acids is 7. The largest absolute Gasteiger partial charge is 0.492 e. The van der Waals surface area contributed by atoms with E-state index in [0.717, 1.165) is 24.2 Å². The molecule has 368 valence electrons. The van der Waals surface area contributed by atoms with Gasteiger partial charge in [0.05, 0.1) is 6.07 Å². The molecular formula is C47H71N11O9. The average Bonchev–Trinajstić information content (AvgIpc) is 3.31. The van der Waals surface area contributed by atoms with Crippen LogP contribution < -0.4 is 58.6 Å². The Labute approximate surface area is 393 Å². The number of likely N-dealkylation sites (N-methyl/N-ethyl adjacent to an activating group) is 1. The van der Waals surface area contributed by atoms with Gasteiger partial charge in [-0.05, 0) is 61.7 Å². The van der Waals surface area contributed by atoms with E-state index in [2.05, 4.69) is 38.8 Å². The molecule has 0 aliphatic carbocycles. The number of rotatable bonds is 27. The predicted octanol–water partition coefficient (Wildman–Crippen LogP) is 0.700. The molecule has 20 heteroatoms. The maximum absolute atomic E-state index is 14.4. The molecule has 12 N–H and O–H groups in total. The molecule has 0 saturated heterocycles. The molecular weight excluding hydrogens is 863 g/mol. The third-order valence-electron chi connectivity index (χ3n) is 11.0. The molecule has 20 nitrogen and oxygen atoms in total. The first kappa shape index (κ1) is 55.0. The molecule has 2 aromatic rings. The van der Waals surface area contributed by atoms with Crippen LogP contribution in [0.3, 0.4) is 0 Å². The lowest BCUT2D eigenvalue weighted by Gasteiger charge is -2.32. The molecule has 7 amide bonds. The van der Waals surface area contributed by atoms with Gasteiger partial charge in [-0.15, -0.1) is 0 Å². The van der Waals surface area contributed by atoms with Crippen molar-refractivity contribution in [2.75, 3.05) is 59.5 Å². The lowest BCUT2D eigenvalue weighted by Crippen LogP contribution is -2.56. The summed E-state index contributed by atoms with van der Waals surface area (Å²) in [5.41, 5.74) is 19.3. The Bertz CT molecular complexity index is 2010. The molecule has 0 saturated carbocycles. The van der Waals surface area contributed by atoms with Crippen LogP contribution in [0.2, 0.25) is 0 Å². The van der Waals surface area contributed by atoms with Crippen LogP contribution in [0.15, 0.2) is 36.4 Å². The van der Waals surface area contributed by atoms with Gasteiger partial charge in [0.15, 0.2) is 0 Å². The van der Waals surface area contributed by atoms with Gasteiger partial charge in [-0.2, -0.15) is 5.26 Å². The Kier molecular flexibility index (Phi) is 24.7. The fourth-order valence-electron chi connectivity index (χ4n) is 7.45. The quantitative estimate of drug-likeness (QED) is 0.0441. The van der Waals surface area contributed by atoms with Crippen LogP contribution in [-0.2, 0) is 40.0 Å². The minimum absolute atomic E-state index is 0.00597. The zero-order valence-electron chi connectivity index (χ0n) is 39.2. The van der Waals surface area contributed by atoms with Gasteiger partial charge in [0.1, 0.15) is 55.4 Å². The number of hydrogen-bond donors (Lipinski definition) is 9. The average molecular weight is 934 g/mol. The maximum atomic E-state index is 14.4. The van der Waals surface area contributed by atoms with E-state index in [1.54, 1.807) is 36.4 Å². The molecule has 3 rings (SSSR count). The van der Waals surface area contributed by atoms with Gasteiger partial charge in [-0.25, -0.2) is 0 Å². The first-order valence-corrected chi connectivity index (χ1v) is 23.3. The Morgan fingerprint density at radius 1 is 0.776 bits per heavy atom. The van der Waals surface area contributed by atoms with E-state index in [4.69, 9.17) is 31.9 Å². The van der Waals surface area contributed by atoms with Crippen molar-refractivity contribution in [2.45, 2.75) is 115 Å². The van der Waals surface area contributed by atoms with Gasteiger partial charge < -0.3 is 63.5 Å². The van der Waals surface area contributed by atoms with Gasteiger partial charge in [0.25, 0.3) is 0 Å². The summed E-state index contributed by atoms with van der Waals surface area (Å²) in [5.74, 6) is -3.09. The van der Waals surface area contributed by atoms with Gasteiger partial charge >= 0.3 is 0 Å². The van der Waals surface area contributed by atoms with Crippen molar-refractivity contribution in [3.63, 3.8) is 0 Å². The molecule has 0 radical (unpaired) electrons. The van der Waals surface area contributed by atoms with Gasteiger partial charge in [0, 0.05) is 70.0 Å². The minimum atomic E-state index is -1.41. The highest BCUT2D eigenvalue weighted by Crippen LogP contribution is 2.40. The molecule has 4 atom stereocenters. The molecule has 2 aromatic carbocycles. The summed E-state index contributed by atoms with van der Waals surface area (Å²) in [7, 11) is 1.38. The van der Waals surface area contributed by atoms with Crippen LogP contribution in [-0.4, -0.2) is 124 Å². The molecule has 0 spiro atoms. The van der Waals surface area contributed by atoms with Crippen molar-refractivity contribution >= 4 is 41.4 Å². The number of unbranched alkanes of at least 4 members (excludes halogenated alkanes) is 6. The molecule has 0 fully saturated rings. The van der Waals surface area contributed by atoms with E-state index in [-0.39, 0.29) is 90.0 Å². The van der Waals surface area contributed by atoms with Crippen LogP contribution in [0, 0.1) is 11.3 Å². The summed E-state index contributed by atoms with van der Waals surface area (Å²) in [6, 6.07) is 6.89. The number of nitrogens with two attached hydrogens (primary N) is 3. The van der Waals surface area contributed by atoms with Crippen LogP contribution in [0.1, 0.15) is 102 Å². The highest BCUT2D eigenvalue weighted by atomic mass is 16.5. The Morgan fingerprint density at radius 3 is 2.00 bits per heavy atom. The number of fused-ring (bicyclic) bond motifs is 5. The van der Waals surface area contributed by atoms with Crippen LogP contribution in [0.4, 0.5) is 0 Å². The fourth-order valence-corrected chi connectivity index (χ4v) is 7.45. The number of benzene rings is 2. The number of carbonyl (C=O) groups is 7. The Hall–Kier alpha value is -6.30. The van der Waals surface area contributed by atoms with E-state index in [0.29, 0.717) is 40.2 Å². The smallest absolute Gasteiger partial charge is 0.248 e. The van der Waals surface area contributed by atoms with Crippen molar-refractivity contribution in [3.05, 3.63) is 47.5 Å². The van der Waals surface area contributed by atoms with Gasteiger partial charge in [-0.3, -0.25) is 33.6 Å². The van der Waals surface area contributed by atoms with Crippen molar-refractivity contribution in [3.8, 4) is 28.7 Å². The van der Waals surface area contributed by atoms with E-state index in [1.807, 2.05) is 6.07 Å². The number of nitriles is 1. The molecule has 1 aliphatic heterocycles. The minimum Gasteiger partial charge on any atom is -0.492 e. The molecule has 1 heterocycles. The van der Waals surface area contributed by atoms with Crippen LogP contribution >= 0.6 is 0 Å². The zero-order chi connectivity index (χ0) is 49.1. The molecule has 0 aromatic heterocycles. The second-order valence-corrected chi connectivity index (χ2v) is 16.4. The molecule has 4 bridgehead atoms. The van der Waals surface area contributed by atoms with Gasteiger partial charge in [-0.1, -0.05) is 57.6 Å². The molecule has 0 unspecified atom stereocenters. The normalized spacial score (nSPS) is 16.2.